The zero-order valence-corrected chi connectivity index (χ0v) is 11.1. The zero-order chi connectivity index (χ0) is 15.1. The van der Waals surface area contributed by atoms with Crippen LogP contribution in [0.2, 0.25) is 0 Å². The van der Waals surface area contributed by atoms with E-state index in [1.165, 1.54) is 6.26 Å². The van der Waals surface area contributed by atoms with Gasteiger partial charge in [0.1, 0.15) is 5.76 Å². The molecule has 4 nitrogen and oxygen atoms in total. The van der Waals surface area contributed by atoms with E-state index in [0.29, 0.717) is 12.2 Å². The number of carbonyl (C=O) groups is 1. The van der Waals surface area contributed by atoms with Gasteiger partial charge in [-0.25, -0.2) is 0 Å². The molecule has 1 aromatic heterocycles. The van der Waals surface area contributed by atoms with Crippen LogP contribution in [-0.4, -0.2) is 28.8 Å². The summed E-state index contributed by atoms with van der Waals surface area (Å²) in [4.78, 5) is 11.9. The van der Waals surface area contributed by atoms with Crippen LogP contribution in [0, 0.1) is 5.92 Å². The number of carbonyl (C=O) groups excluding carboxylic acids is 1. The molecule has 3 atom stereocenters. The van der Waals surface area contributed by atoms with E-state index in [-0.39, 0.29) is 5.92 Å². The molecule has 0 saturated heterocycles. The lowest BCUT2D eigenvalue weighted by Gasteiger charge is -2.32. The highest BCUT2D eigenvalue weighted by atomic mass is 19.4. The monoisotopic (exact) mass is 291 g/mol. The first kappa shape index (κ1) is 14.9. The number of halogens is 3. The number of rotatable bonds is 4. The average molecular weight is 291 g/mol. The Morgan fingerprint density at radius 2 is 2.15 bits per heavy atom. The second kappa shape index (κ2) is 4.80. The third-order valence-corrected chi connectivity index (χ3v) is 3.47. The fourth-order valence-corrected chi connectivity index (χ4v) is 2.19. The van der Waals surface area contributed by atoms with Gasteiger partial charge in [-0.05, 0) is 32.4 Å². The summed E-state index contributed by atoms with van der Waals surface area (Å²) < 4.78 is 42.6. The smallest absolute Gasteiger partial charge is 0.416 e. The van der Waals surface area contributed by atoms with E-state index in [4.69, 9.17) is 4.42 Å². The Labute approximate surface area is 114 Å². The van der Waals surface area contributed by atoms with Crippen LogP contribution >= 0.6 is 0 Å². The van der Waals surface area contributed by atoms with Gasteiger partial charge >= 0.3 is 6.18 Å². The SMILES string of the molecule is CC(C)(NC(=O)[C@@H]1C[C@H]1c1ccco1)C(O)C(F)(F)F. The predicted octanol–water partition coefficient (Wildman–Crippen LogP) is 2.20. The van der Waals surface area contributed by atoms with Gasteiger partial charge in [0.2, 0.25) is 5.91 Å². The number of aliphatic hydroxyl groups excluding tert-OH is 1. The quantitative estimate of drug-likeness (QED) is 0.894. The lowest BCUT2D eigenvalue weighted by Crippen LogP contribution is -2.58. The fourth-order valence-electron chi connectivity index (χ4n) is 2.19. The van der Waals surface area contributed by atoms with E-state index < -0.39 is 29.6 Å². The Kier molecular flexibility index (Phi) is 3.58. The molecule has 1 fully saturated rings. The Hall–Kier alpha value is -1.50. The minimum absolute atomic E-state index is 0.0937. The Bertz CT molecular complexity index is 482. The normalized spacial score (nSPS) is 24.3. The predicted molar refractivity (Wildman–Crippen MR) is 63.8 cm³/mol. The molecular weight excluding hydrogens is 275 g/mol. The molecule has 1 aromatic rings. The summed E-state index contributed by atoms with van der Waals surface area (Å²) in [5.74, 6) is -0.344. The van der Waals surface area contributed by atoms with Crippen LogP contribution < -0.4 is 5.32 Å². The van der Waals surface area contributed by atoms with Crippen molar-refractivity contribution in [2.45, 2.75) is 44.0 Å². The van der Waals surface area contributed by atoms with Crippen molar-refractivity contribution in [3.8, 4) is 0 Å². The third-order valence-electron chi connectivity index (χ3n) is 3.47. The van der Waals surface area contributed by atoms with Crippen LogP contribution in [0.5, 0.6) is 0 Å². The van der Waals surface area contributed by atoms with E-state index in [2.05, 4.69) is 5.32 Å². The molecule has 2 rings (SSSR count). The van der Waals surface area contributed by atoms with Crippen LogP contribution in [0.3, 0.4) is 0 Å². The summed E-state index contributed by atoms with van der Waals surface area (Å²) in [6.07, 6.45) is -5.36. The van der Waals surface area contributed by atoms with Crippen molar-refractivity contribution >= 4 is 5.91 Å². The maximum Gasteiger partial charge on any atom is 0.416 e. The van der Waals surface area contributed by atoms with Crippen molar-refractivity contribution in [3.05, 3.63) is 24.2 Å². The summed E-state index contributed by atoms with van der Waals surface area (Å²) in [5, 5.41) is 11.5. The molecule has 1 heterocycles. The van der Waals surface area contributed by atoms with Gasteiger partial charge in [0, 0.05) is 11.8 Å². The molecule has 1 unspecified atom stereocenters. The summed E-state index contributed by atoms with van der Waals surface area (Å²) in [7, 11) is 0. The highest BCUT2D eigenvalue weighted by Crippen LogP contribution is 2.48. The summed E-state index contributed by atoms with van der Waals surface area (Å²) in [6, 6.07) is 3.42. The van der Waals surface area contributed by atoms with Gasteiger partial charge in [-0.2, -0.15) is 13.2 Å². The molecule has 1 amide bonds. The highest BCUT2D eigenvalue weighted by Gasteiger charge is 2.52. The molecular formula is C13H16F3NO3. The zero-order valence-electron chi connectivity index (χ0n) is 11.1. The number of nitrogens with one attached hydrogen (secondary N) is 1. The third kappa shape index (κ3) is 2.98. The first-order chi connectivity index (χ1) is 9.13. The summed E-state index contributed by atoms with van der Waals surface area (Å²) in [5.41, 5.74) is -1.77. The Morgan fingerprint density at radius 3 is 2.65 bits per heavy atom. The van der Waals surface area contributed by atoms with Gasteiger partial charge in [0.05, 0.1) is 11.8 Å². The Morgan fingerprint density at radius 1 is 1.50 bits per heavy atom. The second-order valence-electron chi connectivity index (χ2n) is 5.62. The second-order valence-corrected chi connectivity index (χ2v) is 5.62. The molecule has 0 bridgehead atoms. The van der Waals surface area contributed by atoms with Crippen LogP contribution in [0.1, 0.15) is 31.9 Å². The van der Waals surface area contributed by atoms with Gasteiger partial charge in [-0.15, -0.1) is 0 Å². The minimum atomic E-state index is -4.78. The maximum absolute atomic E-state index is 12.5. The molecule has 0 aliphatic heterocycles. The number of aliphatic hydroxyl groups is 1. The van der Waals surface area contributed by atoms with Gasteiger partial charge in [-0.1, -0.05) is 0 Å². The van der Waals surface area contributed by atoms with E-state index in [9.17, 15) is 23.1 Å². The largest absolute Gasteiger partial charge is 0.469 e. The Balaban J connectivity index is 1.96. The first-order valence-corrected chi connectivity index (χ1v) is 6.23. The van der Waals surface area contributed by atoms with E-state index >= 15 is 0 Å². The molecule has 0 aromatic carbocycles. The van der Waals surface area contributed by atoms with Crippen LogP contribution in [0.4, 0.5) is 13.2 Å². The molecule has 112 valence electrons. The van der Waals surface area contributed by atoms with E-state index in [0.717, 1.165) is 13.8 Å². The number of furan rings is 1. The van der Waals surface area contributed by atoms with Gasteiger partial charge < -0.3 is 14.8 Å². The minimum Gasteiger partial charge on any atom is -0.469 e. The van der Waals surface area contributed by atoms with Gasteiger partial charge in [0.25, 0.3) is 0 Å². The summed E-state index contributed by atoms with van der Waals surface area (Å²) >= 11 is 0. The van der Waals surface area contributed by atoms with Crippen molar-refractivity contribution in [1.82, 2.24) is 5.32 Å². The molecule has 1 saturated carbocycles. The van der Waals surface area contributed by atoms with Gasteiger partial charge in [-0.3, -0.25) is 4.79 Å². The van der Waals surface area contributed by atoms with Crippen molar-refractivity contribution < 1.29 is 27.5 Å². The molecule has 1 aliphatic rings. The molecule has 7 heteroatoms. The number of alkyl halides is 3. The fraction of sp³-hybridized carbons (Fsp3) is 0.615. The maximum atomic E-state index is 12.5. The van der Waals surface area contributed by atoms with E-state index in [1.807, 2.05) is 0 Å². The number of hydrogen-bond donors (Lipinski definition) is 2. The molecule has 1 aliphatic carbocycles. The van der Waals surface area contributed by atoms with Crippen LogP contribution in [-0.2, 0) is 4.79 Å². The van der Waals surface area contributed by atoms with Crippen LogP contribution in [0.25, 0.3) is 0 Å². The van der Waals surface area contributed by atoms with Gasteiger partial charge in [0.15, 0.2) is 6.10 Å². The lowest BCUT2D eigenvalue weighted by atomic mass is 9.96. The molecule has 0 spiro atoms. The molecule has 2 N–H and O–H groups in total. The first-order valence-electron chi connectivity index (χ1n) is 6.23. The number of amides is 1. The lowest BCUT2D eigenvalue weighted by molar-refractivity contribution is -0.223. The molecule has 20 heavy (non-hydrogen) atoms. The average Bonchev–Trinajstić information content (AvgIpc) is 2.94. The molecule has 0 radical (unpaired) electrons. The van der Waals surface area contributed by atoms with Crippen molar-refractivity contribution in [2.75, 3.05) is 0 Å². The number of hydrogen-bond acceptors (Lipinski definition) is 3. The topological polar surface area (TPSA) is 62.5 Å². The van der Waals surface area contributed by atoms with Crippen molar-refractivity contribution in [2.24, 2.45) is 5.92 Å². The van der Waals surface area contributed by atoms with E-state index in [1.54, 1.807) is 12.1 Å². The highest BCUT2D eigenvalue weighted by molar-refractivity contribution is 5.83. The summed E-state index contributed by atoms with van der Waals surface area (Å²) in [6.45, 7) is 2.29. The van der Waals surface area contributed by atoms with Crippen LogP contribution in [0.15, 0.2) is 22.8 Å². The van der Waals surface area contributed by atoms with Crippen molar-refractivity contribution in [3.63, 3.8) is 0 Å². The standard InChI is InChI=1S/C13H16F3NO3/c1-12(2,11(19)13(14,15)16)17-10(18)8-6-7(8)9-4-3-5-20-9/h3-5,7-8,11,19H,6H2,1-2H3,(H,17,18)/t7-,8-,11?/m1/s1. The van der Waals surface area contributed by atoms with Crippen molar-refractivity contribution in [1.29, 1.82) is 0 Å².